The molecule has 3 rings (SSSR count). The Bertz CT molecular complexity index is 616. The van der Waals surface area contributed by atoms with E-state index in [4.69, 9.17) is 0 Å². The van der Waals surface area contributed by atoms with Crippen LogP contribution in [0.25, 0.3) is 0 Å². The van der Waals surface area contributed by atoms with Crippen LogP contribution in [-0.4, -0.2) is 34.1 Å². The van der Waals surface area contributed by atoms with Gasteiger partial charge in [-0.25, -0.2) is 0 Å². The van der Waals surface area contributed by atoms with Crippen LogP contribution in [0, 0.1) is 25.7 Å². The molecule has 2 aliphatic rings. The molecule has 1 heterocycles. The maximum Gasteiger partial charge on any atom is 0.223 e. The lowest BCUT2D eigenvalue weighted by Crippen LogP contribution is -2.44. The van der Waals surface area contributed by atoms with Crippen LogP contribution < -0.4 is 10.6 Å². The average Bonchev–Trinajstić information content (AvgIpc) is 3.35. The number of rotatable bonds is 6. The maximum absolute atomic E-state index is 12.6. The lowest BCUT2D eigenvalue weighted by atomic mass is 9.84. The summed E-state index contributed by atoms with van der Waals surface area (Å²) >= 11 is 0. The quantitative estimate of drug-likeness (QED) is 0.738. The molecule has 0 radical (unpaired) electrons. The molecule has 2 saturated carbocycles. The van der Waals surface area contributed by atoms with Gasteiger partial charge in [0.2, 0.25) is 11.8 Å². The highest BCUT2D eigenvalue weighted by Crippen LogP contribution is 2.27. The third-order valence-corrected chi connectivity index (χ3v) is 5.55. The summed E-state index contributed by atoms with van der Waals surface area (Å²) in [6.07, 6.45) is 6.59. The molecule has 0 saturated heterocycles. The van der Waals surface area contributed by atoms with Crippen molar-refractivity contribution >= 4 is 11.8 Å². The van der Waals surface area contributed by atoms with Crippen LogP contribution in [0.3, 0.4) is 0 Å². The van der Waals surface area contributed by atoms with Crippen LogP contribution in [0.15, 0.2) is 0 Å². The molecule has 6 heteroatoms. The van der Waals surface area contributed by atoms with Crippen molar-refractivity contribution < 1.29 is 9.59 Å². The van der Waals surface area contributed by atoms with Gasteiger partial charge < -0.3 is 10.6 Å². The number of nitrogens with one attached hydrogen (secondary N) is 3. The summed E-state index contributed by atoms with van der Waals surface area (Å²) in [5, 5.41) is 13.5. The van der Waals surface area contributed by atoms with E-state index in [1.54, 1.807) is 0 Å². The largest absolute Gasteiger partial charge is 0.353 e. The predicted molar refractivity (Wildman–Crippen MR) is 96.0 cm³/mol. The van der Waals surface area contributed by atoms with Crippen LogP contribution in [0.2, 0.25) is 0 Å². The van der Waals surface area contributed by atoms with Gasteiger partial charge in [-0.15, -0.1) is 0 Å². The van der Waals surface area contributed by atoms with Crippen molar-refractivity contribution in [1.82, 2.24) is 20.8 Å². The van der Waals surface area contributed by atoms with Gasteiger partial charge in [-0.3, -0.25) is 14.7 Å². The molecule has 25 heavy (non-hydrogen) atoms. The molecule has 6 nitrogen and oxygen atoms in total. The number of aryl methyl sites for hydroxylation is 2. The molecule has 2 aliphatic carbocycles. The number of nitrogens with zero attached hydrogens (tertiary/aromatic N) is 1. The fraction of sp³-hybridized carbons (Fsp3) is 0.737. The lowest BCUT2D eigenvalue weighted by Gasteiger charge is -2.30. The zero-order valence-electron chi connectivity index (χ0n) is 15.5. The Balaban J connectivity index is 1.50. The van der Waals surface area contributed by atoms with E-state index in [0.29, 0.717) is 12.5 Å². The van der Waals surface area contributed by atoms with Crippen molar-refractivity contribution in [2.45, 2.75) is 77.8 Å². The van der Waals surface area contributed by atoms with Crippen LogP contribution >= 0.6 is 0 Å². The first-order valence-electron chi connectivity index (χ1n) is 9.55. The van der Waals surface area contributed by atoms with Gasteiger partial charge >= 0.3 is 0 Å². The molecular formula is C19H30N4O2. The van der Waals surface area contributed by atoms with Gasteiger partial charge in [-0.2, -0.15) is 5.10 Å². The molecule has 1 aromatic heterocycles. The Kier molecular flexibility index (Phi) is 5.45. The summed E-state index contributed by atoms with van der Waals surface area (Å²) in [7, 11) is 0. The third kappa shape index (κ3) is 4.61. The molecule has 2 amide bonds. The smallest absolute Gasteiger partial charge is 0.223 e. The highest BCUT2D eigenvalue weighted by atomic mass is 16.2. The number of hydrogen-bond acceptors (Lipinski definition) is 3. The standard InChI is InChI=1S/C19H30N4O2/c1-11(9-17-12(2)22-23-13(17)3)18(24)21-16-6-4-5-14(10-16)19(25)20-15-7-8-15/h11,14-16H,4-10H2,1-3H3,(H,20,25)(H,21,24)(H,22,23)/t11-,14-,16-/m0/s1. The lowest BCUT2D eigenvalue weighted by molar-refractivity contribution is -0.129. The number of aromatic amines is 1. The van der Waals surface area contributed by atoms with E-state index >= 15 is 0 Å². The van der Waals surface area contributed by atoms with Crippen molar-refractivity contribution in [3.63, 3.8) is 0 Å². The van der Waals surface area contributed by atoms with E-state index in [-0.39, 0.29) is 29.7 Å². The van der Waals surface area contributed by atoms with Gasteiger partial charge in [0, 0.05) is 29.6 Å². The molecule has 138 valence electrons. The molecule has 3 N–H and O–H groups in total. The molecule has 1 aromatic rings. The number of carbonyl (C=O) groups is 2. The summed E-state index contributed by atoms with van der Waals surface area (Å²) in [6, 6.07) is 0.522. The molecular weight excluding hydrogens is 316 g/mol. The molecule has 0 spiro atoms. The summed E-state index contributed by atoms with van der Waals surface area (Å²) in [5.41, 5.74) is 3.13. The predicted octanol–water partition coefficient (Wildman–Crippen LogP) is 2.16. The van der Waals surface area contributed by atoms with Gasteiger partial charge in [0.25, 0.3) is 0 Å². The van der Waals surface area contributed by atoms with Crippen molar-refractivity contribution in [1.29, 1.82) is 0 Å². The van der Waals surface area contributed by atoms with E-state index in [1.165, 1.54) is 0 Å². The zero-order valence-corrected chi connectivity index (χ0v) is 15.5. The molecule has 2 fully saturated rings. The minimum absolute atomic E-state index is 0.0494. The highest BCUT2D eigenvalue weighted by molar-refractivity contribution is 5.80. The summed E-state index contributed by atoms with van der Waals surface area (Å²) in [4.78, 5) is 24.8. The number of carbonyl (C=O) groups excluding carboxylic acids is 2. The van der Waals surface area contributed by atoms with E-state index < -0.39 is 0 Å². The summed E-state index contributed by atoms with van der Waals surface area (Å²) in [5.74, 6) is 0.205. The van der Waals surface area contributed by atoms with Crippen molar-refractivity contribution in [2.24, 2.45) is 11.8 Å². The fourth-order valence-electron chi connectivity index (χ4n) is 3.72. The first-order chi connectivity index (χ1) is 11.9. The van der Waals surface area contributed by atoms with Crippen LogP contribution in [0.1, 0.15) is 62.4 Å². The minimum Gasteiger partial charge on any atom is -0.353 e. The number of aromatic nitrogens is 2. The van der Waals surface area contributed by atoms with E-state index in [1.807, 2.05) is 20.8 Å². The summed E-state index contributed by atoms with van der Waals surface area (Å²) in [6.45, 7) is 5.92. The second kappa shape index (κ2) is 7.58. The van der Waals surface area contributed by atoms with Crippen molar-refractivity contribution in [2.75, 3.05) is 0 Å². The highest BCUT2D eigenvalue weighted by Gasteiger charge is 2.32. The second-order valence-electron chi connectivity index (χ2n) is 7.87. The normalized spacial score (nSPS) is 24.6. The maximum atomic E-state index is 12.6. The average molecular weight is 346 g/mol. The first-order valence-corrected chi connectivity index (χ1v) is 9.55. The van der Waals surface area contributed by atoms with Gasteiger partial charge in [0.15, 0.2) is 0 Å². The molecule has 0 aliphatic heterocycles. The Hall–Kier alpha value is -1.85. The number of H-pyrrole nitrogens is 1. The van der Waals surface area contributed by atoms with Crippen LogP contribution in [0.4, 0.5) is 0 Å². The Labute approximate surface area is 149 Å². The van der Waals surface area contributed by atoms with Crippen molar-refractivity contribution in [3.05, 3.63) is 17.0 Å². The molecule has 0 bridgehead atoms. The number of hydrogen-bond donors (Lipinski definition) is 3. The Morgan fingerprint density at radius 1 is 1.16 bits per heavy atom. The van der Waals surface area contributed by atoms with Crippen molar-refractivity contribution in [3.8, 4) is 0 Å². The van der Waals surface area contributed by atoms with Gasteiger partial charge in [-0.05, 0) is 57.9 Å². The van der Waals surface area contributed by atoms with E-state index in [0.717, 1.165) is 55.5 Å². The van der Waals surface area contributed by atoms with Gasteiger partial charge in [0.1, 0.15) is 0 Å². The van der Waals surface area contributed by atoms with Gasteiger partial charge in [0.05, 0.1) is 5.69 Å². The summed E-state index contributed by atoms with van der Waals surface area (Å²) < 4.78 is 0. The van der Waals surface area contributed by atoms with E-state index in [2.05, 4.69) is 20.8 Å². The topological polar surface area (TPSA) is 86.9 Å². The Morgan fingerprint density at radius 2 is 1.92 bits per heavy atom. The second-order valence-corrected chi connectivity index (χ2v) is 7.87. The fourth-order valence-corrected chi connectivity index (χ4v) is 3.72. The molecule has 0 aromatic carbocycles. The SMILES string of the molecule is Cc1n[nH]c(C)c1C[C@H](C)C(=O)N[C@H]1CCC[C@H](C(=O)NC2CC2)C1. The number of amides is 2. The zero-order chi connectivity index (χ0) is 18.0. The Morgan fingerprint density at radius 3 is 2.56 bits per heavy atom. The van der Waals surface area contributed by atoms with E-state index in [9.17, 15) is 9.59 Å². The first kappa shape index (κ1) is 18.0. The monoisotopic (exact) mass is 346 g/mol. The van der Waals surface area contributed by atoms with Crippen LogP contribution in [0.5, 0.6) is 0 Å². The minimum atomic E-state index is -0.101. The third-order valence-electron chi connectivity index (χ3n) is 5.55. The van der Waals surface area contributed by atoms with Gasteiger partial charge in [-0.1, -0.05) is 13.3 Å². The molecule has 0 unspecified atom stereocenters. The molecule has 3 atom stereocenters. The van der Waals surface area contributed by atoms with Crippen LogP contribution in [-0.2, 0) is 16.0 Å².